The summed E-state index contributed by atoms with van der Waals surface area (Å²) in [5, 5.41) is 3.93. The summed E-state index contributed by atoms with van der Waals surface area (Å²) in [6.45, 7) is 1.12. The molecule has 1 aromatic heterocycles. The van der Waals surface area contributed by atoms with Crippen LogP contribution in [0.25, 0.3) is 0 Å². The van der Waals surface area contributed by atoms with Gasteiger partial charge in [-0.2, -0.15) is 5.10 Å². The number of carbonyl (C=O) groups excluding carboxylic acids is 2. The first kappa shape index (κ1) is 11.4. The molecule has 1 unspecified atom stereocenters. The van der Waals surface area contributed by atoms with Crippen LogP contribution in [0.1, 0.15) is 6.42 Å². The third-order valence-corrected chi connectivity index (χ3v) is 2.89. The molecule has 17 heavy (non-hydrogen) atoms. The van der Waals surface area contributed by atoms with Crippen LogP contribution in [0.4, 0.5) is 5.69 Å². The maximum Gasteiger partial charge on any atom is 0.244 e. The van der Waals surface area contributed by atoms with Crippen molar-refractivity contribution >= 4 is 17.5 Å². The lowest BCUT2D eigenvalue weighted by Crippen LogP contribution is -2.34. The van der Waals surface area contributed by atoms with E-state index in [1.165, 1.54) is 10.9 Å². The van der Waals surface area contributed by atoms with Crippen LogP contribution in [0.15, 0.2) is 12.4 Å². The van der Waals surface area contributed by atoms with Crippen molar-refractivity contribution < 1.29 is 9.59 Å². The summed E-state index contributed by atoms with van der Waals surface area (Å²) < 4.78 is 1.48. The van der Waals surface area contributed by atoms with Gasteiger partial charge in [-0.25, -0.2) is 0 Å². The number of anilines is 1. The van der Waals surface area contributed by atoms with Crippen LogP contribution >= 0.6 is 0 Å². The number of carbonyl (C=O) groups is 2. The maximum atomic E-state index is 11.9. The van der Waals surface area contributed by atoms with Crippen LogP contribution in [0, 0.1) is 5.92 Å². The van der Waals surface area contributed by atoms with Crippen molar-refractivity contribution in [3.63, 3.8) is 0 Å². The van der Waals surface area contributed by atoms with Gasteiger partial charge < -0.3 is 16.4 Å². The standard InChI is InChI=1S/C10H15N5O2/c11-8-3-13-15(5-8)6-9(16)14-2-1-7(4-14)10(12)17/h3,5,7H,1-2,4,6,11H2,(H2,12,17). The molecule has 2 heterocycles. The first-order chi connectivity index (χ1) is 8.06. The Kier molecular flexibility index (Phi) is 2.99. The highest BCUT2D eigenvalue weighted by Crippen LogP contribution is 2.16. The van der Waals surface area contributed by atoms with E-state index in [0.29, 0.717) is 25.2 Å². The first-order valence-electron chi connectivity index (χ1n) is 5.41. The minimum atomic E-state index is -0.344. The summed E-state index contributed by atoms with van der Waals surface area (Å²) in [4.78, 5) is 24.5. The fraction of sp³-hybridized carbons (Fsp3) is 0.500. The van der Waals surface area contributed by atoms with Gasteiger partial charge in [0.15, 0.2) is 0 Å². The highest BCUT2D eigenvalue weighted by atomic mass is 16.2. The Balaban J connectivity index is 1.91. The molecule has 2 rings (SSSR count). The molecule has 1 saturated heterocycles. The lowest BCUT2D eigenvalue weighted by Gasteiger charge is -2.15. The Bertz CT molecular complexity index is 442. The van der Waals surface area contributed by atoms with Crippen molar-refractivity contribution in [1.29, 1.82) is 0 Å². The van der Waals surface area contributed by atoms with Gasteiger partial charge in [0.1, 0.15) is 6.54 Å². The minimum absolute atomic E-state index is 0.0724. The molecule has 0 aliphatic carbocycles. The van der Waals surface area contributed by atoms with E-state index in [0.717, 1.165) is 0 Å². The molecule has 92 valence electrons. The van der Waals surface area contributed by atoms with E-state index in [2.05, 4.69) is 5.10 Å². The predicted molar refractivity (Wildman–Crippen MR) is 60.5 cm³/mol. The zero-order chi connectivity index (χ0) is 12.4. The molecular formula is C10H15N5O2. The molecule has 1 aliphatic heterocycles. The number of hydrogen-bond donors (Lipinski definition) is 2. The number of rotatable bonds is 3. The SMILES string of the molecule is NC(=O)C1CCN(C(=O)Cn2cc(N)cn2)C1. The van der Waals surface area contributed by atoms with Crippen molar-refractivity contribution in [2.24, 2.45) is 11.7 Å². The van der Waals surface area contributed by atoms with Crippen molar-refractivity contribution in [3.8, 4) is 0 Å². The lowest BCUT2D eigenvalue weighted by molar-refractivity contribution is -0.131. The van der Waals surface area contributed by atoms with Crippen LogP contribution in [0.5, 0.6) is 0 Å². The summed E-state index contributed by atoms with van der Waals surface area (Å²) in [5.41, 5.74) is 11.2. The molecule has 1 fully saturated rings. The van der Waals surface area contributed by atoms with Crippen molar-refractivity contribution in [2.75, 3.05) is 18.8 Å². The van der Waals surface area contributed by atoms with Crippen molar-refractivity contribution in [3.05, 3.63) is 12.4 Å². The third-order valence-electron chi connectivity index (χ3n) is 2.89. The second-order valence-corrected chi connectivity index (χ2v) is 4.20. The molecule has 0 spiro atoms. The second-order valence-electron chi connectivity index (χ2n) is 4.20. The van der Waals surface area contributed by atoms with E-state index in [1.54, 1.807) is 11.1 Å². The summed E-state index contributed by atoms with van der Waals surface area (Å²) in [5.74, 6) is -0.637. The number of nitrogen functional groups attached to an aromatic ring is 1. The van der Waals surface area contributed by atoms with E-state index in [9.17, 15) is 9.59 Å². The van der Waals surface area contributed by atoms with Crippen LogP contribution in [-0.2, 0) is 16.1 Å². The smallest absolute Gasteiger partial charge is 0.244 e. The van der Waals surface area contributed by atoms with E-state index in [1.807, 2.05) is 0 Å². The summed E-state index contributed by atoms with van der Waals surface area (Å²) in [6.07, 6.45) is 3.73. The monoisotopic (exact) mass is 237 g/mol. The van der Waals surface area contributed by atoms with Crippen LogP contribution in [0.3, 0.4) is 0 Å². The molecular weight excluding hydrogens is 222 g/mol. The molecule has 2 amide bonds. The number of primary amides is 1. The molecule has 0 radical (unpaired) electrons. The predicted octanol–water partition coefficient (Wildman–Crippen LogP) is -1.20. The number of nitrogens with zero attached hydrogens (tertiary/aromatic N) is 3. The Morgan fingerprint density at radius 1 is 1.53 bits per heavy atom. The minimum Gasteiger partial charge on any atom is -0.396 e. The van der Waals surface area contributed by atoms with Crippen molar-refractivity contribution in [1.82, 2.24) is 14.7 Å². The molecule has 1 atom stereocenters. The number of likely N-dealkylation sites (tertiary alicyclic amines) is 1. The van der Waals surface area contributed by atoms with Gasteiger partial charge in [0.25, 0.3) is 0 Å². The average Bonchev–Trinajstić information content (AvgIpc) is 2.86. The van der Waals surface area contributed by atoms with E-state index < -0.39 is 0 Å². The fourth-order valence-electron chi connectivity index (χ4n) is 1.92. The second kappa shape index (κ2) is 4.44. The third kappa shape index (κ3) is 2.55. The molecule has 1 aliphatic rings. The molecule has 7 heteroatoms. The highest BCUT2D eigenvalue weighted by Gasteiger charge is 2.29. The molecule has 7 nitrogen and oxygen atoms in total. The van der Waals surface area contributed by atoms with Gasteiger partial charge in [-0.3, -0.25) is 14.3 Å². The quantitative estimate of drug-likeness (QED) is 0.688. The number of hydrogen-bond acceptors (Lipinski definition) is 4. The van der Waals surface area contributed by atoms with Gasteiger partial charge in [0, 0.05) is 19.3 Å². The summed E-state index contributed by atoms with van der Waals surface area (Å²) >= 11 is 0. The van der Waals surface area contributed by atoms with E-state index in [-0.39, 0.29) is 24.3 Å². The Morgan fingerprint density at radius 2 is 2.29 bits per heavy atom. The van der Waals surface area contributed by atoms with Crippen LogP contribution < -0.4 is 11.5 Å². The summed E-state index contributed by atoms with van der Waals surface area (Å²) in [7, 11) is 0. The molecule has 4 N–H and O–H groups in total. The summed E-state index contributed by atoms with van der Waals surface area (Å²) in [6, 6.07) is 0. The topological polar surface area (TPSA) is 107 Å². The van der Waals surface area contributed by atoms with Crippen LogP contribution in [0.2, 0.25) is 0 Å². The molecule has 0 aromatic carbocycles. The molecule has 1 aromatic rings. The first-order valence-corrected chi connectivity index (χ1v) is 5.41. The number of amides is 2. The van der Waals surface area contributed by atoms with E-state index >= 15 is 0 Å². The fourth-order valence-corrected chi connectivity index (χ4v) is 1.92. The Labute approximate surface area is 98.4 Å². The van der Waals surface area contributed by atoms with Gasteiger partial charge in [-0.05, 0) is 6.42 Å². The zero-order valence-electron chi connectivity index (χ0n) is 9.37. The Morgan fingerprint density at radius 3 is 2.82 bits per heavy atom. The van der Waals surface area contributed by atoms with Gasteiger partial charge in [-0.15, -0.1) is 0 Å². The van der Waals surface area contributed by atoms with Crippen LogP contribution in [-0.4, -0.2) is 39.6 Å². The van der Waals surface area contributed by atoms with Gasteiger partial charge >= 0.3 is 0 Å². The van der Waals surface area contributed by atoms with Gasteiger partial charge in [0.05, 0.1) is 17.8 Å². The van der Waals surface area contributed by atoms with Gasteiger partial charge in [0.2, 0.25) is 11.8 Å². The largest absolute Gasteiger partial charge is 0.396 e. The maximum absolute atomic E-state index is 11.9. The Hall–Kier alpha value is -2.05. The molecule has 0 saturated carbocycles. The number of nitrogens with two attached hydrogens (primary N) is 2. The van der Waals surface area contributed by atoms with Crippen molar-refractivity contribution in [2.45, 2.75) is 13.0 Å². The van der Waals surface area contributed by atoms with Gasteiger partial charge in [-0.1, -0.05) is 0 Å². The molecule has 0 bridgehead atoms. The van der Waals surface area contributed by atoms with E-state index in [4.69, 9.17) is 11.5 Å². The normalized spacial score (nSPS) is 19.5. The number of aromatic nitrogens is 2. The lowest BCUT2D eigenvalue weighted by atomic mass is 10.1. The average molecular weight is 237 g/mol. The highest BCUT2D eigenvalue weighted by molar-refractivity contribution is 5.80. The zero-order valence-corrected chi connectivity index (χ0v) is 9.37.